The van der Waals surface area contributed by atoms with Crippen molar-refractivity contribution >= 4 is 16.0 Å². The van der Waals surface area contributed by atoms with Crippen molar-refractivity contribution in [2.75, 3.05) is 43.8 Å². The second-order valence-electron chi connectivity index (χ2n) is 10.4. The quantitative estimate of drug-likeness (QED) is 0.494. The van der Waals surface area contributed by atoms with Crippen molar-refractivity contribution in [3.05, 3.63) is 24.2 Å². The fourth-order valence-electron chi connectivity index (χ4n) is 4.69. The molecular weight excluding hydrogens is 511 g/mol. The highest BCUT2D eigenvalue weighted by molar-refractivity contribution is 7.89. The van der Waals surface area contributed by atoms with Gasteiger partial charge in [-0.3, -0.25) is 4.68 Å². The largest absolute Gasteiger partial charge is 0.419 e. The topological polar surface area (TPSA) is 116 Å². The third-order valence-corrected chi connectivity index (χ3v) is 8.44. The van der Waals surface area contributed by atoms with E-state index in [1.807, 2.05) is 0 Å². The van der Waals surface area contributed by atoms with Crippen LogP contribution in [0.2, 0.25) is 0 Å². The number of aromatic nitrogens is 4. The molecule has 0 saturated carbocycles. The second kappa shape index (κ2) is 10.8. The van der Waals surface area contributed by atoms with Gasteiger partial charge in [-0.2, -0.15) is 18.3 Å². The molecular formula is C23H34F3N7O3S. The second-order valence-corrected chi connectivity index (χ2v) is 12.5. The zero-order valence-electron chi connectivity index (χ0n) is 21.1. The summed E-state index contributed by atoms with van der Waals surface area (Å²) in [6.07, 6.45) is 1.96. The molecule has 37 heavy (non-hydrogen) atoms. The average Bonchev–Trinajstić information content (AvgIpc) is 3.48. The predicted molar refractivity (Wildman–Crippen MR) is 132 cm³/mol. The fraction of sp³-hybridized carbons (Fsp3) is 0.696. The Hall–Kier alpha value is -2.29. The van der Waals surface area contributed by atoms with Crippen LogP contribution < -0.4 is 5.32 Å². The number of piperidine rings is 1. The van der Waals surface area contributed by atoms with E-state index in [9.17, 15) is 26.7 Å². The maximum absolute atomic E-state index is 13.7. The lowest BCUT2D eigenvalue weighted by atomic mass is 10.1. The number of alkyl halides is 3. The molecule has 2 aliphatic heterocycles. The molecule has 4 rings (SSSR count). The van der Waals surface area contributed by atoms with Gasteiger partial charge in [-0.15, -0.1) is 0 Å². The molecule has 0 bridgehead atoms. The number of anilines is 1. The number of rotatable bonds is 9. The monoisotopic (exact) mass is 545 g/mol. The summed E-state index contributed by atoms with van der Waals surface area (Å²) in [6, 6.07) is -0.174. The first-order chi connectivity index (χ1) is 17.3. The maximum Gasteiger partial charge on any atom is 0.419 e. The fourth-order valence-corrected chi connectivity index (χ4v) is 6.20. The van der Waals surface area contributed by atoms with E-state index in [0.717, 1.165) is 32.1 Å². The van der Waals surface area contributed by atoms with Crippen molar-refractivity contribution in [1.82, 2.24) is 29.0 Å². The highest BCUT2D eigenvalue weighted by atomic mass is 32.2. The van der Waals surface area contributed by atoms with Crippen LogP contribution in [-0.4, -0.2) is 92.6 Å². The van der Waals surface area contributed by atoms with Crippen molar-refractivity contribution in [3.63, 3.8) is 0 Å². The molecule has 10 nitrogen and oxygen atoms in total. The van der Waals surface area contributed by atoms with E-state index in [4.69, 9.17) is 0 Å². The van der Waals surface area contributed by atoms with E-state index in [1.165, 1.54) is 21.4 Å². The number of sulfonamides is 1. The summed E-state index contributed by atoms with van der Waals surface area (Å²) in [4.78, 5) is 10.2. The Morgan fingerprint density at radius 2 is 1.78 bits per heavy atom. The Morgan fingerprint density at radius 3 is 2.41 bits per heavy atom. The lowest BCUT2D eigenvalue weighted by Crippen LogP contribution is -2.44. The summed E-state index contributed by atoms with van der Waals surface area (Å²) < 4.78 is 69.4. The molecule has 206 valence electrons. The maximum atomic E-state index is 13.7. The first-order valence-corrected chi connectivity index (χ1v) is 14.1. The molecule has 0 amide bonds. The summed E-state index contributed by atoms with van der Waals surface area (Å²) >= 11 is 0. The van der Waals surface area contributed by atoms with Crippen molar-refractivity contribution in [2.45, 2.75) is 63.9 Å². The van der Waals surface area contributed by atoms with Gasteiger partial charge in [0.05, 0.1) is 29.8 Å². The van der Waals surface area contributed by atoms with Crippen molar-refractivity contribution in [3.8, 4) is 11.3 Å². The summed E-state index contributed by atoms with van der Waals surface area (Å²) in [5.41, 5.74) is -2.24. The molecule has 2 fully saturated rings. The molecule has 2 aromatic heterocycles. The Labute approximate surface area is 214 Å². The molecule has 0 aromatic carbocycles. The molecule has 0 aliphatic carbocycles. The Morgan fingerprint density at radius 1 is 1.11 bits per heavy atom. The van der Waals surface area contributed by atoms with Crippen molar-refractivity contribution in [2.24, 2.45) is 0 Å². The van der Waals surface area contributed by atoms with Gasteiger partial charge in [0.15, 0.2) is 0 Å². The van der Waals surface area contributed by atoms with Gasteiger partial charge in [-0.05, 0) is 52.6 Å². The zero-order chi connectivity index (χ0) is 26.8. The van der Waals surface area contributed by atoms with Gasteiger partial charge in [0, 0.05) is 43.6 Å². The van der Waals surface area contributed by atoms with E-state index in [0.29, 0.717) is 32.5 Å². The molecule has 0 radical (unpaired) electrons. The Kier molecular flexibility index (Phi) is 8.12. The van der Waals surface area contributed by atoms with E-state index >= 15 is 0 Å². The van der Waals surface area contributed by atoms with Crippen LogP contribution in [0.15, 0.2) is 18.6 Å². The van der Waals surface area contributed by atoms with E-state index in [-0.39, 0.29) is 35.5 Å². The lowest BCUT2D eigenvalue weighted by Gasteiger charge is -2.32. The van der Waals surface area contributed by atoms with Gasteiger partial charge in [0.2, 0.25) is 16.0 Å². The number of halogens is 3. The van der Waals surface area contributed by atoms with Gasteiger partial charge in [0.1, 0.15) is 5.56 Å². The van der Waals surface area contributed by atoms with Gasteiger partial charge < -0.3 is 15.3 Å². The molecule has 2 aliphatic rings. The van der Waals surface area contributed by atoms with Crippen LogP contribution in [0.3, 0.4) is 0 Å². The smallest absolute Gasteiger partial charge is 0.389 e. The number of nitrogens with one attached hydrogen (secondary N) is 1. The molecule has 2 N–H and O–H groups in total. The van der Waals surface area contributed by atoms with E-state index in [1.54, 1.807) is 13.8 Å². The number of hydrogen-bond acceptors (Lipinski definition) is 8. The standard InChI is InChI=1S/C23H34F3N7O3S/c1-22(2,34)16-32-15-17(13-28-32)20-19(23(24,25)26)14-27-21(30-20)29-18-5-9-33(10-6-18)37(35,36)12-11-31-7-3-4-8-31/h13-15,18,34H,3-12,16H2,1-2H3,(H,27,29,30). The van der Waals surface area contributed by atoms with Crippen LogP contribution in [-0.2, 0) is 22.7 Å². The van der Waals surface area contributed by atoms with E-state index in [2.05, 4.69) is 25.3 Å². The first-order valence-electron chi connectivity index (χ1n) is 12.5. The number of likely N-dealkylation sites (tertiary alicyclic amines) is 1. The highest BCUT2D eigenvalue weighted by Crippen LogP contribution is 2.36. The third-order valence-electron chi connectivity index (χ3n) is 6.59. The zero-order valence-corrected chi connectivity index (χ0v) is 21.9. The van der Waals surface area contributed by atoms with Gasteiger partial charge in [-0.1, -0.05) is 0 Å². The van der Waals surface area contributed by atoms with Gasteiger partial charge >= 0.3 is 6.18 Å². The van der Waals surface area contributed by atoms with Crippen molar-refractivity contribution in [1.29, 1.82) is 0 Å². The molecule has 0 atom stereocenters. The molecule has 0 unspecified atom stereocenters. The Balaban J connectivity index is 1.42. The van der Waals surface area contributed by atoms with Crippen LogP contribution in [0, 0.1) is 0 Å². The minimum atomic E-state index is -4.67. The van der Waals surface area contributed by atoms with E-state index < -0.39 is 27.4 Å². The number of hydrogen-bond donors (Lipinski definition) is 2. The van der Waals surface area contributed by atoms with Crippen molar-refractivity contribution < 1.29 is 26.7 Å². The molecule has 0 spiro atoms. The Bertz CT molecular complexity index is 1170. The SMILES string of the molecule is CC(C)(O)Cn1cc(-c2nc(NC3CCN(S(=O)(=O)CCN4CCCC4)CC3)ncc2C(F)(F)F)cn1. The molecule has 2 saturated heterocycles. The summed E-state index contributed by atoms with van der Waals surface area (Å²) in [5, 5.41) is 17.1. The summed E-state index contributed by atoms with van der Waals surface area (Å²) in [7, 11) is -3.36. The highest BCUT2D eigenvalue weighted by Gasteiger charge is 2.36. The van der Waals surface area contributed by atoms with Gasteiger partial charge in [0.25, 0.3) is 0 Å². The van der Waals surface area contributed by atoms with Crippen LogP contribution >= 0.6 is 0 Å². The minimum Gasteiger partial charge on any atom is -0.389 e. The van der Waals surface area contributed by atoms with Crippen LogP contribution in [0.5, 0.6) is 0 Å². The molecule has 2 aromatic rings. The van der Waals surface area contributed by atoms with Crippen LogP contribution in [0.1, 0.15) is 45.1 Å². The molecule has 4 heterocycles. The molecule has 14 heteroatoms. The predicted octanol–water partition coefficient (Wildman–Crippen LogP) is 2.43. The van der Waals surface area contributed by atoms with Crippen LogP contribution in [0.25, 0.3) is 11.3 Å². The first kappa shape index (κ1) is 27.7. The minimum absolute atomic E-state index is 0.0357. The normalized spacial score (nSPS) is 19.0. The summed E-state index contributed by atoms with van der Waals surface area (Å²) in [6.45, 7) is 6.33. The third kappa shape index (κ3) is 7.39. The summed E-state index contributed by atoms with van der Waals surface area (Å²) in [5.74, 6) is 0.131. The number of aliphatic hydroxyl groups is 1. The lowest BCUT2D eigenvalue weighted by molar-refractivity contribution is -0.137. The average molecular weight is 546 g/mol. The van der Waals surface area contributed by atoms with Gasteiger partial charge in [-0.25, -0.2) is 22.7 Å². The number of nitrogens with zero attached hydrogens (tertiary/aromatic N) is 6. The van der Waals surface area contributed by atoms with Crippen LogP contribution in [0.4, 0.5) is 19.1 Å².